The fraction of sp³-hybridized carbons (Fsp3) is 0.545. The third-order valence-electron chi connectivity index (χ3n) is 5.51. The van der Waals surface area contributed by atoms with Crippen LogP contribution in [0.25, 0.3) is 10.8 Å². The van der Waals surface area contributed by atoms with E-state index < -0.39 is 49.3 Å². The van der Waals surface area contributed by atoms with Crippen LogP contribution in [0.2, 0.25) is 0 Å². The highest BCUT2D eigenvalue weighted by molar-refractivity contribution is 8.33. The van der Waals surface area contributed by atoms with Crippen LogP contribution in [-0.4, -0.2) is 48.8 Å². The number of alkyl halides is 9. The Morgan fingerprint density at radius 3 is 1.76 bits per heavy atom. The summed E-state index contributed by atoms with van der Waals surface area (Å²) in [6.07, 6.45) is -6.74. The number of hydrogen-bond donors (Lipinski definition) is 0. The molecule has 2 aromatic carbocycles. The van der Waals surface area contributed by atoms with Crippen molar-refractivity contribution in [1.82, 2.24) is 0 Å². The number of rotatable bonds is 7. The molecule has 0 spiro atoms. The molecule has 37 heavy (non-hydrogen) atoms. The zero-order valence-electron chi connectivity index (χ0n) is 19.6. The molecule has 0 amide bonds. The van der Waals surface area contributed by atoms with Crippen molar-refractivity contribution in [3.05, 3.63) is 36.4 Å². The maximum absolute atomic E-state index is 14.5. The van der Waals surface area contributed by atoms with Gasteiger partial charge in [0.05, 0.1) is 0 Å². The summed E-state index contributed by atoms with van der Waals surface area (Å²) >= 11 is 0. The van der Waals surface area contributed by atoms with Gasteiger partial charge >= 0.3 is 33.4 Å². The molecule has 2 aromatic rings. The third-order valence-corrected chi connectivity index (χ3v) is 11.2. The van der Waals surface area contributed by atoms with Crippen LogP contribution in [0.1, 0.15) is 33.6 Å². The maximum atomic E-state index is 14.5. The van der Waals surface area contributed by atoms with E-state index in [1.54, 1.807) is 32.9 Å². The molecular weight excluding hydrogens is 563 g/mol. The lowest BCUT2D eigenvalue weighted by Crippen LogP contribution is -2.63. The Kier molecular flexibility index (Phi) is 7.31. The Morgan fingerprint density at radius 1 is 0.757 bits per heavy atom. The van der Waals surface area contributed by atoms with E-state index in [0.29, 0.717) is 11.1 Å². The second kappa shape index (κ2) is 9.11. The van der Waals surface area contributed by atoms with E-state index in [4.69, 9.17) is 4.74 Å². The molecule has 0 unspecified atom stereocenters. The van der Waals surface area contributed by atoms with E-state index in [2.05, 4.69) is 3.63 Å². The van der Waals surface area contributed by atoms with Gasteiger partial charge in [0, 0.05) is 21.8 Å². The Balaban J connectivity index is 2.15. The van der Waals surface area contributed by atoms with E-state index in [0.717, 1.165) is 0 Å². The van der Waals surface area contributed by atoms with Crippen molar-refractivity contribution < 1.29 is 56.3 Å². The largest absolute Gasteiger partial charge is 0.488 e. The summed E-state index contributed by atoms with van der Waals surface area (Å²) in [5.41, 5.74) is -0.681. The van der Waals surface area contributed by atoms with Crippen molar-refractivity contribution in [1.29, 1.82) is 0 Å². The van der Waals surface area contributed by atoms with Gasteiger partial charge in [-0.3, -0.25) is 0 Å². The highest BCUT2D eigenvalue weighted by atomic mass is 32.3. The summed E-state index contributed by atoms with van der Waals surface area (Å²) in [6, 6.07) is 8.88. The lowest BCUT2D eigenvalue weighted by molar-refractivity contribution is -0.382. The van der Waals surface area contributed by atoms with Gasteiger partial charge < -0.3 is 4.74 Å². The van der Waals surface area contributed by atoms with Gasteiger partial charge in [0.25, 0.3) is 0 Å². The van der Waals surface area contributed by atoms with E-state index >= 15 is 0 Å². The van der Waals surface area contributed by atoms with Gasteiger partial charge in [-0.25, -0.2) is 3.63 Å². The molecule has 0 aromatic heterocycles. The van der Waals surface area contributed by atoms with E-state index in [9.17, 15) is 47.9 Å². The third kappa shape index (κ3) is 4.98. The first-order valence-corrected chi connectivity index (χ1v) is 14.1. The van der Waals surface area contributed by atoms with Crippen molar-refractivity contribution >= 4 is 31.2 Å². The van der Waals surface area contributed by atoms with E-state index in [1.807, 2.05) is 0 Å². The summed E-state index contributed by atoms with van der Waals surface area (Å²) in [6.45, 7) is 5.23. The van der Waals surface area contributed by atoms with Gasteiger partial charge in [0.1, 0.15) is 11.4 Å². The highest BCUT2D eigenvalue weighted by Crippen LogP contribution is 2.66. The summed E-state index contributed by atoms with van der Waals surface area (Å²) in [4.78, 5) is 0.0344. The molecular formula is C22H23F9O4S2. The summed E-state index contributed by atoms with van der Waals surface area (Å²) in [5.74, 6) is -14.9. The summed E-state index contributed by atoms with van der Waals surface area (Å²) in [7, 11) is -10.4. The molecule has 0 atom stereocenters. The molecule has 1 heterocycles. The average molecular weight is 587 g/mol. The van der Waals surface area contributed by atoms with Crippen LogP contribution in [0.4, 0.5) is 39.5 Å². The summed E-state index contributed by atoms with van der Waals surface area (Å²) < 4.78 is 157. The molecule has 1 aliphatic heterocycles. The van der Waals surface area contributed by atoms with Crippen LogP contribution in [0.5, 0.6) is 5.75 Å². The average Bonchev–Trinajstić information content (AvgIpc) is 3.20. The Morgan fingerprint density at radius 2 is 1.27 bits per heavy atom. The zero-order chi connectivity index (χ0) is 28.3. The fourth-order valence-corrected chi connectivity index (χ4v) is 9.69. The number of benzene rings is 2. The first kappa shape index (κ1) is 29.7. The minimum atomic E-state index is -7.36. The van der Waals surface area contributed by atoms with Crippen molar-refractivity contribution in [3.63, 3.8) is 0 Å². The normalized spacial score (nSPS) is 18.7. The predicted molar refractivity (Wildman–Crippen MR) is 120 cm³/mol. The number of ether oxygens (including phenoxy) is 1. The van der Waals surface area contributed by atoms with Crippen LogP contribution in [0, 0.1) is 0 Å². The van der Waals surface area contributed by atoms with Gasteiger partial charge in [0.15, 0.2) is 0 Å². The van der Waals surface area contributed by atoms with Crippen LogP contribution >= 0.6 is 10.3 Å². The number of fused-ring (bicyclic) bond motifs is 1. The van der Waals surface area contributed by atoms with Crippen LogP contribution in [0.3, 0.4) is 0 Å². The minimum absolute atomic E-state index is 0.0344. The first-order chi connectivity index (χ1) is 16.6. The van der Waals surface area contributed by atoms with Gasteiger partial charge in [0.2, 0.25) is 0 Å². The molecule has 15 heteroatoms. The second-order valence-electron chi connectivity index (χ2n) is 9.43. The Hall–Kier alpha value is -1.87. The molecule has 4 nitrogen and oxygen atoms in total. The minimum Gasteiger partial charge on any atom is -0.488 e. The molecule has 0 N–H and O–H groups in total. The lowest BCUT2D eigenvalue weighted by atomic mass is 10.1. The standard InChI is InChI=1S/C22H23F9O4S2/c1-18(2,3)34-16-10-11-17(15-9-5-4-8-14(15)16)36(12-6-7-13-36)35-37(32,33)22(30,31)20(25,26)19(23,24)21(27,28)29/h4-5,8-11H,6-7,12-13H2,1-3H3. The van der Waals surface area contributed by atoms with Crippen LogP contribution in [0.15, 0.2) is 41.3 Å². The molecule has 1 fully saturated rings. The smallest absolute Gasteiger partial charge is 0.460 e. The van der Waals surface area contributed by atoms with E-state index in [1.165, 1.54) is 24.3 Å². The van der Waals surface area contributed by atoms with Gasteiger partial charge in [-0.1, -0.05) is 34.6 Å². The molecule has 210 valence electrons. The predicted octanol–water partition coefficient (Wildman–Crippen LogP) is 7.66. The molecule has 1 aliphatic rings. The molecule has 0 bridgehead atoms. The maximum Gasteiger partial charge on any atom is 0.460 e. The van der Waals surface area contributed by atoms with Gasteiger partial charge in [-0.15, -0.1) is 0 Å². The SMILES string of the molecule is CC(C)(C)Oc1ccc(S2(OS(=O)(=O)C(F)(F)C(F)(F)C(F)(F)C(F)(F)F)CCCC2)c2ccccc12. The van der Waals surface area contributed by atoms with Crippen LogP contribution in [-0.2, 0) is 13.7 Å². The first-order valence-electron chi connectivity index (χ1n) is 10.7. The van der Waals surface area contributed by atoms with Crippen molar-refractivity contribution in [2.45, 2.75) is 67.4 Å². The number of hydrogen-bond acceptors (Lipinski definition) is 4. The van der Waals surface area contributed by atoms with Crippen molar-refractivity contribution in [2.24, 2.45) is 0 Å². The Bertz CT molecular complexity index is 1260. The zero-order valence-corrected chi connectivity index (χ0v) is 21.3. The quantitative estimate of drug-likeness (QED) is 0.313. The summed E-state index contributed by atoms with van der Waals surface area (Å²) in [5, 5.41) is -6.24. The van der Waals surface area contributed by atoms with E-state index in [-0.39, 0.29) is 34.6 Å². The fourth-order valence-electron chi connectivity index (χ4n) is 3.82. The Labute approximate surface area is 208 Å². The highest BCUT2D eigenvalue weighted by Gasteiger charge is 2.86. The van der Waals surface area contributed by atoms with Crippen LogP contribution < -0.4 is 4.74 Å². The van der Waals surface area contributed by atoms with Crippen molar-refractivity contribution in [2.75, 3.05) is 11.5 Å². The molecule has 0 radical (unpaired) electrons. The van der Waals surface area contributed by atoms with Gasteiger partial charge in [-0.2, -0.15) is 47.9 Å². The molecule has 0 saturated carbocycles. The molecule has 0 aliphatic carbocycles. The number of halogens is 9. The lowest BCUT2D eigenvalue weighted by Gasteiger charge is -2.39. The molecule has 1 saturated heterocycles. The van der Waals surface area contributed by atoms with Crippen molar-refractivity contribution in [3.8, 4) is 5.75 Å². The topological polar surface area (TPSA) is 52.6 Å². The van der Waals surface area contributed by atoms with Gasteiger partial charge in [-0.05, 0) is 51.1 Å². The second-order valence-corrected chi connectivity index (χ2v) is 14.3. The molecule has 3 rings (SSSR count). The monoisotopic (exact) mass is 586 g/mol.